The van der Waals surface area contributed by atoms with Crippen molar-refractivity contribution in [2.75, 3.05) is 7.11 Å². The zero-order valence-corrected chi connectivity index (χ0v) is 14.2. The van der Waals surface area contributed by atoms with Crippen LogP contribution in [0.4, 0.5) is 4.39 Å². The van der Waals surface area contributed by atoms with Crippen LogP contribution in [0, 0.1) is 5.82 Å². The molecule has 1 amide bonds. The number of methoxy groups -OCH3 is 1. The van der Waals surface area contributed by atoms with Gasteiger partial charge in [0.25, 0.3) is 0 Å². The highest BCUT2D eigenvalue weighted by molar-refractivity contribution is 5.76. The lowest BCUT2D eigenvalue weighted by molar-refractivity contribution is -0.121. The summed E-state index contributed by atoms with van der Waals surface area (Å²) in [5, 5.41) is 3.00. The third-order valence-corrected chi connectivity index (χ3v) is 3.97. The van der Waals surface area contributed by atoms with Crippen molar-refractivity contribution < 1.29 is 13.9 Å². The van der Waals surface area contributed by atoms with Gasteiger partial charge < -0.3 is 10.1 Å². The SMILES string of the molecule is COc1ccc(CCC(=O)NC(C)CCc2ccccc2)cc1F. The van der Waals surface area contributed by atoms with Gasteiger partial charge in [0.2, 0.25) is 5.91 Å². The van der Waals surface area contributed by atoms with Gasteiger partial charge in [0.1, 0.15) is 0 Å². The minimum atomic E-state index is -0.397. The Morgan fingerprint density at radius 1 is 1.12 bits per heavy atom. The van der Waals surface area contributed by atoms with Gasteiger partial charge in [-0.2, -0.15) is 0 Å². The molecule has 0 saturated carbocycles. The van der Waals surface area contributed by atoms with Gasteiger partial charge in [-0.15, -0.1) is 0 Å². The number of hydrogen-bond donors (Lipinski definition) is 1. The highest BCUT2D eigenvalue weighted by atomic mass is 19.1. The Balaban J connectivity index is 1.73. The summed E-state index contributed by atoms with van der Waals surface area (Å²) in [4.78, 5) is 12.0. The Morgan fingerprint density at radius 2 is 1.88 bits per heavy atom. The lowest BCUT2D eigenvalue weighted by Gasteiger charge is -2.14. The van der Waals surface area contributed by atoms with Crippen molar-refractivity contribution in [3.63, 3.8) is 0 Å². The van der Waals surface area contributed by atoms with Gasteiger partial charge >= 0.3 is 0 Å². The number of nitrogens with one attached hydrogen (secondary N) is 1. The van der Waals surface area contributed by atoms with E-state index in [9.17, 15) is 9.18 Å². The number of carbonyl (C=O) groups excluding carboxylic acids is 1. The zero-order valence-electron chi connectivity index (χ0n) is 14.2. The highest BCUT2D eigenvalue weighted by Crippen LogP contribution is 2.18. The maximum Gasteiger partial charge on any atom is 0.220 e. The van der Waals surface area contributed by atoms with Crippen molar-refractivity contribution in [3.8, 4) is 5.75 Å². The summed E-state index contributed by atoms with van der Waals surface area (Å²) in [5.41, 5.74) is 2.06. The van der Waals surface area contributed by atoms with Crippen molar-refractivity contribution >= 4 is 5.91 Å². The molecule has 0 bridgehead atoms. The number of halogens is 1. The van der Waals surface area contributed by atoms with Crippen LogP contribution in [0.1, 0.15) is 30.9 Å². The van der Waals surface area contributed by atoms with E-state index in [2.05, 4.69) is 17.4 Å². The molecule has 0 spiro atoms. The summed E-state index contributed by atoms with van der Waals surface area (Å²) in [7, 11) is 1.43. The fraction of sp³-hybridized carbons (Fsp3) is 0.350. The van der Waals surface area contributed by atoms with Crippen molar-refractivity contribution in [2.24, 2.45) is 0 Å². The molecule has 24 heavy (non-hydrogen) atoms. The van der Waals surface area contributed by atoms with Gasteiger partial charge in [-0.05, 0) is 49.4 Å². The smallest absolute Gasteiger partial charge is 0.220 e. The summed E-state index contributed by atoms with van der Waals surface area (Å²) < 4.78 is 18.5. The fourth-order valence-electron chi connectivity index (χ4n) is 2.57. The van der Waals surface area contributed by atoms with E-state index in [0.717, 1.165) is 18.4 Å². The summed E-state index contributed by atoms with van der Waals surface area (Å²) in [6.45, 7) is 2.01. The monoisotopic (exact) mass is 329 g/mol. The van der Waals surface area contributed by atoms with Crippen LogP contribution < -0.4 is 10.1 Å². The number of rotatable bonds is 8. The standard InChI is InChI=1S/C20H24FNO2/c1-15(8-9-16-6-4-3-5-7-16)22-20(23)13-11-17-10-12-19(24-2)18(21)14-17/h3-7,10,12,14-15H,8-9,11,13H2,1-2H3,(H,22,23). The van der Waals surface area contributed by atoms with Crippen LogP contribution in [-0.2, 0) is 17.6 Å². The van der Waals surface area contributed by atoms with Crippen LogP contribution >= 0.6 is 0 Å². The molecule has 1 unspecified atom stereocenters. The van der Waals surface area contributed by atoms with E-state index in [-0.39, 0.29) is 17.7 Å². The average molecular weight is 329 g/mol. The summed E-state index contributed by atoms with van der Waals surface area (Å²) >= 11 is 0. The molecule has 0 saturated heterocycles. The van der Waals surface area contributed by atoms with E-state index in [1.54, 1.807) is 12.1 Å². The molecule has 0 aliphatic carbocycles. The molecule has 1 atom stereocenters. The Bertz CT molecular complexity index is 658. The summed E-state index contributed by atoms with van der Waals surface area (Å²) in [6.07, 6.45) is 2.69. The van der Waals surface area contributed by atoms with Gasteiger partial charge in [-0.1, -0.05) is 36.4 Å². The largest absolute Gasteiger partial charge is 0.494 e. The molecule has 2 aromatic carbocycles. The predicted octanol–water partition coefficient (Wildman–Crippen LogP) is 3.90. The molecule has 4 heteroatoms. The maximum absolute atomic E-state index is 13.6. The summed E-state index contributed by atoms with van der Waals surface area (Å²) in [6, 6.07) is 15.1. The second-order valence-corrected chi connectivity index (χ2v) is 5.96. The lowest BCUT2D eigenvalue weighted by Crippen LogP contribution is -2.33. The van der Waals surface area contributed by atoms with Crippen molar-refractivity contribution in [1.29, 1.82) is 0 Å². The topological polar surface area (TPSA) is 38.3 Å². The Labute approximate surface area is 142 Å². The molecule has 2 aromatic rings. The minimum absolute atomic E-state index is 0.00760. The number of hydrogen-bond acceptors (Lipinski definition) is 2. The van der Waals surface area contributed by atoms with Crippen LogP contribution in [0.25, 0.3) is 0 Å². The Morgan fingerprint density at radius 3 is 2.54 bits per heavy atom. The van der Waals surface area contributed by atoms with Gasteiger partial charge in [0.05, 0.1) is 7.11 Å². The molecule has 0 aromatic heterocycles. The molecule has 3 nitrogen and oxygen atoms in total. The number of amides is 1. The Hall–Kier alpha value is -2.36. The van der Waals surface area contributed by atoms with E-state index in [0.29, 0.717) is 12.8 Å². The molecule has 1 N–H and O–H groups in total. The highest BCUT2D eigenvalue weighted by Gasteiger charge is 2.09. The number of ether oxygens (including phenoxy) is 1. The van der Waals surface area contributed by atoms with Crippen molar-refractivity contribution in [2.45, 2.75) is 38.6 Å². The summed E-state index contributed by atoms with van der Waals surface area (Å²) in [5.74, 6) is -0.184. The molecular formula is C20H24FNO2. The van der Waals surface area contributed by atoms with E-state index in [4.69, 9.17) is 4.74 Å². The first-order valence-electron chi connectivity index (χ1n) is 8.24. The van der Waals surface area contributed by atoms with Crippen LogP contribution in [0.5, 0.6) is 5.75 Å². The molecule has 0 aliphatic heterocycles. The third kappa shape index (κ3) is 5.69. The lowest BCUT2D eigenvalue weighted by atomic mass is 10.1. The van der Waals surface area contributed by atoms with Gasteiger partial charge in [0.15, 0.2) is 11.6 Å². The second kappa shape index (κ2) is 9.06. The maximum atomic E-state index is 13.6. The van der Waals surface area contributed by atoms with Crippen LogP contribution in [0.3, 0.4) is 0 Å². The molecule has 128 valence electrons. The number of benzene rings is 2. The van der Waals surface area contributed by atoms with Crippen LogP contribution in [-0.4, -0.2) is 19.1 Å². The first-order valence-corrected chi connectivity index (χ1v) is 8.24. The van der Waals surface area contributed by atoms with Gasteiger partial charge in [-0.25, -0.2) is 4.39 Å². The predicted molar refractivity (Wildman–Crippen MR) is 93.6 cm³/mol. The van der Waals surface area contributed by atoms with E-state index in [1.807, 2.05) is 25.1 Å². The first kappa shape index (κ1) is 18.0. The minimum Gasteiger partial charge on any atom is -0.494 e. The van der Waals surface area contributed by atoms with Gasteiger partial charge in [-0.3, -0.25) is 4.79 Å². The molecule has 0 heterocycles. The number of carbonyl (C=O) groups is 1. The number of aryl methyl sites for hydroxylation is 2. The quantitative estimate of drug-likeness (QED) is 0.797. The Kier molecular flexibility index (Phi) is 6.79. The fourth-order valence-corrected chi connectivity index (χ4v) is 2.57. The van der Waals surface area contributed by atoms with Gasteiger partial charge in [0, 0.05) is 12.5 Å². The van der Waals surface area contributed by atoms with E-state index >= 15 is 0 Å². The average Bonchev–Trinajstić information content (AvgIpc) is 2.59. The van der Waals surface area contributed by atoms with Crippen LogP contribution in [0.2, 0.25) is 0 Å². The molecule has 0 radical (unpaired) electrons. The zero-order chi connectivity index (χ0) is 17.4. The first-order chi connectivity index (χ1) is 11.6. The normalized spacial score (nSPS) is 11.8. The molecule has 0 aliphatic rings. The van der Waals surface area contributed by atoms with Crippen molar-refractivity contribution in [1.82, 2.24) is 5.32 Å². The molecule has 2 rings (SSSR count). The van der Waals surface area contributed by atoms with Crippen LogP contribution in [0.15, 0.2) is 48.5 Å². The molecular weight excluding hydrogens is 305 g/mol. The second-order valence-electron chi connectivity index (χ2n) is 5.96. The van der Waals surface area contributed by atoms with E-state index < -0.39 is 5.82 Å². The third-order valence-electron chi connectivity index (χ3n) is 3.97. The van der Waals surface area contributed by atoms with E-state index in [1.165, 1.54) is 18.7 Å². The van der Waals surface area contributed by atoms with Crippen molar-refractivity contribution in [3.05, 3.63) is 65.5 Å². The molecule has 0 fully saturated rings.